The second-order valence-corrected chi connectivity index (χ2v) is 7.00. The number of halogens is 1. The van der Waals surface area contributed by atoms with Crippen LogP contribution >= 0.6 is 23.4 Å². The van der Waals surface area contributed by atoms with Crippen LogP contribution in [-0.4, -0.2) is 35.6 Å². The van der Waals surface area contributed by atoms with Crippen LogP contribution in [0.15, 0.2) is 53.4 Å². The highest BCUT2D eigenvalue weighted by molar-refractivity contribution is 8.18. The van der Waals surface area contributed by atoms with Crippen molar-refractivity contribution in [2.24, 2.45) is 0 Å². The molecule has 6 nitrogen and oxygen atoms in total. The lowest BCUT2D eigenvalue weighted by molar-refractivity contribution is -0.127. The Labute approximate surface area is 165 Å². The van der Waals surface area contributed by atoms with Crippen LogP contribution in [0.4, 0.5) is 10.5 Å². The summed E-state index contributed by atoms with van der Waals surface area (Å²) in [7, 11) is 1.46. The lowest BCUT2D eigenvalue weighted by atomic mass is 10.2. The molecule has 2 aromatic rings. The molecule has 8 heteroatoms. The summed E-state index contributed by atoms with van der Waals surface area (Å²) in [6.07, 6.45) is 1.63. The summed E-state index contributed by atoms with van der Waals surface area (Å²) in [5.74, 6) is -0.605. The first kappa shape index (κ1) is 19.0. The Balaban J connectivity index is 1.71. The van der Waals surface area contributed by atoms with Crippen LogP contribution < -0.4 is 10.1 Å². The molecule has 3 rings (SSSR count). The molecule has 0 aromatic heterocycles. The predicted molar refractivity (Wildman–Crippen MR) is 106 cm³/mol. The van der Waals surface area contributed by atoms with E-state index in [9.17, 15) is 14.4 Å². The quantitative estimate of drug-likeness (QED) is 0.764. The molecule has 0 atom stereocenters. The third kappa shape index (κ3) is 4.50. The maximum atomic E-state index is 12.5. The molecule has 1 aliphatic heterocycles. The molecule has 27 heavy (non-hydrogen) atoms. The number of nitrogens with zero attached hydrogens (tertiary/aromatic N) is 1. The number of amides is 3. The van der Waals surface area contributed by atoms with Gasteiger partial charge < -0.3 is 10.1 Å². The summed E-state index contributed by atoms with van der Waals surface area (Å²) in [5.41, 5.74) is 1.16. The number of carbonyl (C=O) groups excluding carboxylic acids is 3. The van der Waals surface area contributed by atoms with Crippen molar-refractivity contribution < 1.29 is 19.1 Å². The largest absolute Gasteiger partial charge is 0.495 e. The number of imide groups is 1. The van der Waals surface area contributed by atoms with E-state index in [4.69, 9.17) is 16.3 Å². The SMILES string of the molecule is COc1ccc(Cl)cc1NC(=O)CN1C(=O)S/C(=C/c2ccccc2)C1=O. The molecule has 1 fully saturated rings. The minimum absolute atomic E-state index is 0.277. The van der Waals surface area contributed by atoms with Crippen molar-refractivity contribution >= 4 is 52.2 Å². The first-order valence-corrected chi connectivity index (χ1v) is 9.11. The van der Waals surface area contributed by atoms with Gasteiger partial charge in [-0.3, -0.25) is 19.3 Å². The van der Waals surface area contributed by atoms with Gasteiger partial charge in [0.2, 0.25) is 5.91 Å². The fourth-order valence-electron chi connectivity index (χ4n) is 2.45. The second kappa shape index (κ2) is 8.28. The second-order valence-electron chi connectivity index (χ2n) is 5.57. The monoisotopic (exact) mass is 402 g/mol. The van der Waals surface area contributed by atoms with Gasteiger partial charge in [0.05, 0.1) is 17.7 Å². The van der Waals surface area contributed by atoms with Crippen molar-refractivity contribution in [3.8, 4) is 5.75 Å². The molecule has 0 saturated carbocycles. The molecule has 1 N–H and O–H groups in total. The predicted octanol–water partition coefficient (Wildman–Crippen LogP) is 4.02. The molecule has 0 bridgehead atoms. The first-order chi connectivity index (χ1) is 13.0. The number of hydrogen-bond acceptors (Lipinski definition) is 5. The molecule has 1 aliphatic rings. The van der Waals surface area contributed by atoms with Gasteiger partial charge in [-0.05, 0) is 41.6 Å². The molecule has 3 amide bonds. The Morgan fingerprint density at radius 1 is 1.22 bits per heavy atom. The Morgan fingerprint density at radius 3 is 2.67 bits per heavy atom. The lowest BCUT2D eigenvalue weighted by Gasteiger charge is -2.14. The Morgan fingerprint density at radius 2 is 1.96 bits per heavy atom. The average Bonchev–Trinajstić information content (AvgIpc) is 2.90. The zero-order valence-corrected chi connectivity index (χ0v) is 15.8. The maximum Gasteiger partial charge on any atom is 0.294 e. The summed E-state index contributed by atoms with van der Waals surface area (Å²) < 4.78 is 5.16. The van der Waals surface area contributed by atoms with E-state index in [0.717, 1.165) is 22.2 Å². The molecule has 0 radical (unpaired) electrons. The molecule has 2 aromatic carbocycles. The molecular weight excluding hydrogens is 388 g/mol. The van der Waals surface area contributed by atoms with Gasteiger partial charge in [-0.15, -0.1) is 0 Å². The minimum Gasteiger partial charge on any atom is -0.495 e. The number of nitrogens with one attached hydrogen (secondary N) is 1. The summed E-state index contributed by atoms with van der Waals surface area (Å²) >= 11 is 6.74. The summed E-state index contributed by atoms with van der Waals surface area (Å²) in [4.78, 5) is 38.1. The van der Waals surface area contributed by atoms with Gasteiger partial charge in [0.25, 0.3) is 11.1 Å². The summed E-state index contributed by atoms with van der Waals surface area (Å²) in [6, 6.07) is 13.9. The van der Waals surface area contributed by atoms with Gasteiger partial charge in [0.15, 0.2) is 0 Å². The van der Waals surface area contributed by atoms with E-state index in [1.807, 2.05) is 30.3 Å². The standard InChI is InChI=1S/C19H15ClN2O4S/c1-26-15-8-7-13(20)10-14(15)21-17(23)11-22-18(24)16(27-19(22)25)9-12-5-3-2-4-6-12/h2-10H,11H2,1H3,(H,21,23)/b16-9+. The van der Waals surface area contributed by atoms with Crippen LogP contribution in [0.5, 0.6) is 5.75 Å². The third-order valence-corrected chi connectivity index (χ3v) is 4.85. The van der Waals surface area contributed by atoms with Gasteiger partial charge >= 0.3 is 0 Å². The number of hydrogen-bond donors (Lipinski definition) is 1. The average molecular weight is 403 g/mol. The zero-order chi connectivity index (χ0) is 19.4. The van der Waals surface area contributed by atoms with Crippen molar-refractivity contribution in [1.29, 1.82) is 0 Å². The van der Waals surface area contributed by atoms with E-state index in [0.29, 0.717) is 16.5 Å². The number of methoxy groups -OCH3 is 1. The number of thioether (sulfide) groups is 1. The van der Waals surface area contributed by atoms with Crippen molar-refractivity contribution in [1.82, 2.24) is 4.90 Å². The highest BCUT2D eigenvalue weighted by Gasteiger charge is 2.36. The van der Waals surface area contributed by atoms with Crippen molar-refractivity contribution in [3.05, 3.63) is 64.0 Å². The van der Waals surface area contributed by atoms with Gasteiger partial charge in [-0.2, -0.15) is 0 Å². The van der Waals surface area contributed by atoms with E-state index in [1.165, 1.54) is 13.2 Å². The summed E-state index contributed by atoms with van der Waals surface area (Å²) in [5, 5.41) is 2.54. The van der Waals surface area contributed by atoms with E-state index in [-0.39, 0.29) is 4.91 Å². The molecular formula is C19H15ClN2O4S. The summed E-state index contributed by atoms with van der Waals surface area (Å²) in [6.45, 7) is -0.396. The maximum absolute atomic E-state index is 12.5. The highest BCUT2D eigenvalue weighted by atomic mass is 35.5. The van der Waals surface area contributed by atoms with Gasteiger partial charge in [0.1, 0.15) is 12.3 Å². The Hall–Kier alpha value is -2.77. The van der Waals surface area contributed by atoms with E-state index < -0.39 is 23.6 Å². The van der Waals surface area contributed by atoms with Crippen LogP contribution in [0.2, 0.25) is 5.02 Å². The van der Waals surface area contributed by atoms with Crippen molar-refractivity contribution in [2.45, 2.75) is 0 Å². The number of carbonyl (C=O) groups is 3. The van der Waals surface area contributed by atoms with Gasteiger partial charge in [0, 0.05) is 5.02 Å². The van der Waals surface area contributed by atoms with Crippen LogP contribution in [0.25, 0.3) is 6.08 Å². The molecule has 0 spiro atoms. The third-order valence-electron chi connectivity index (χ3n) is 3.71. The number of ether oxygens (including phenoxy) is 1. The molecule has 138 valence electrons. The molecule has 1 heterocycles. The Kier molecular flexibility index (Phi) is 5.83. The Bertz CT molecular complexity index is 931. The number of anilines is 1. The zero-order valence-electron chi connectivity index (χ0n) is 14.3. The normalized spacial score (nSPS) is 15.3. The topological polar surface area (TPSA) is 75.7 Å². The van der Waals surface area contributed by atoms with E-state index in [2.05, 4.69) is 5.32 Å². The number of rotatable bonds is 5. The molecule has 0 aliphatic carbocycles. The van der Waals surface area contributed by atoms with Gasteiger partial charge in [-0.25, -0.2) is 0 Å². The van der Waals surface area contributed by atoms with Crippen molar-refractivity contribution in [3.63, 3.8) is 0 Å². The fourth-order valence-corrected chi connectivity index (χ4v) is 3.46. The number of benzene rings is 2. The van der Waals surface area contributed by atoms with Crippen LogP contribution in [0.1, 0.15) is 5.56 Å². The van der Waals surface area contributed by atoms with Crippen LogP contribution in [-0.2, 0) is 9.59 Å². The van der Waals surface area contributed by atoms with Crippen LogP contribution in [0, 0.1) is 0 Å². The molecule has 0 unspecified atom stereocenters. The van der Waals surface area contributed by atoms with Gasteiger partial charge in [-0.1, -0.05) is 41.9 Å². The fraction of sp³-hybridized carbons (Fsp3) is 0.105. The first-order valence-electron chi connectivity index (χ1n) is 7.92. The minimum atomic E-state index is -0.529. The van der Waals surface area contributed by atoms with E-state index >= 15 is 0 Å². The van der Waals surface area contributed by atoms with Crippen molar-refractivity contribution in [2.75, 3.05) is 19.0 Å². The smallest absolute Gasteiger partial charge is 0.294 e. The van der Waals surface area contributed by atoms with E-state index in [1.54, 1.807) is 18.2 Å². The highest BCUT2D eigenvalue weighted by Crippen LogP contribution is 2.32. The molecule has 1 saturated heterocycles. The lowest BCUT2D eigenvalue weighted by Crippen LogP contribution is -2.36. The van der Waals surface area contributed by atoms with Crippen LogP contribution in [0.3, 0.4) is 0 Å².